The first kappa shape index (κ1) is 19.6. The number of carbonyl (C=O) groups is 1. The largest absolute Gasteiger partial charge is 0.444 e. The van der Waals surface area contributed by atoms with E-state index in [9.17, 15) is 4.79 Å². The van der Waals surface area contributed by atoms with E-state index in [-0.39, 0.29) is 6.09 Å². The van der Waals surface area contributed by atoms with Crippen LogP contribution in [0.4, 0.5) is 4.79 Å². The highest BCUT2D eigenvalue weighted by atomic mass is 16.6. The maximum absolute atomic E-state index is 12.2. The summed E-state index contributed by atoms with van der Waals surface area (Å²) < 4.78 is 5.50. The molecule has 0 spiro atoms. The van der Waals surface area contributed by atoms with E-state index < -0.39 is 5.60 Å². The number of nitrogens with zero attached hydrogens (tertiary/aromatic N) is 2. The molecule has 0 bridgehead atoms. The molecule has 142 valence electrons. The fourth-order valence-corrected chi connectivity index (χ4v) is 3.31. The molecule has 6 nitrogen and oxygen atoms in total. The second kappa shape index (κ2) is 9.11. The lowest BCUT2D eigenvalue weighted by Crippen LogP contribution is -2.45. The fourth-order valence-electron chi connectivity index (χ4n) is 3.31. The summed E-state index contributed by atoms with van der Waals surface area (Å²) in [6.45, 7) is 8.19. The highest BCUT2D eigenvalue weighted by Gasteiger charge is 2.27. The van der Waals surface area contributed by atoms with Crippen molar-refractivity contribution in [3.63, 3.8) is 0 Å². The molecule has 1 heterocycles. The van der Waals surface area contributed by atoms with Gasteiger partial charge in [0.1, 0.15) is 5.60 Å². The van der Waals surface area contributed by atoms with E-state index in [1.807, 2.05) is 32.7 Å². The summed E-state index contributed by atoms with van der Waals surface area (Å²) in [5.41, 5.74) is -0.432. The standard InChI is InChI=1S/C19H34N4O2/c1-19(2,3)25-18(24)23-13-7-8-15(14-23)11-12-21-17(20-4)22-16-9-5-6-10-16/h5-6,15-16H,7-14H2,1-4H3,(H2,20,21,22). The monoisotopic (exact) mass is 350 g/mol. The Bertz CT molecular complexity index is 488. The number of hydrogen-bond donors (Lipinski definition) is 2. The van der Waals surface area contributed by atoms with Crippen molar-refractivity contribution in [3.8, 4) is 0 Å². The van der Waals surface area contributed by atoms with Gasteiger partial charge in [-0.05, 0) is 58.8 Å². The van der Waals surface area contributed by atoms with Crippen molar-refractivity contribution < 1.29 is 9.53 Å². The molecule has 0 aromatic rings. The van der Waals surface area contributed by atoms with Gasteiger partial charge < -0.3 is 20.3 Å². The van der Waals surface area contributed by atoms with Crippen LogP contribution in [-0.2, 0) is 4.74 Å². The number of nitrogens with one attached hydrogen (secondary N) is 2. The van der Waals surface area contributed by atoms with Crippen molar-refractivity contribution in [1.29, 1.82) is 0 Å². The van der Waals surface area contributed by atoms with Crippen LogP contribution >= 0.6 is 0 Å². The molecule has 0 aromatic carbocycles. The Morgan fingerprint density at radius 2 is 2.04 bits per heavy atom. The van der Waals surface area contributed by atoms with Crippen LogP contribution in [0.15, 0.2) is 17.1 Å². The number of carbonyl (C=O) groups excluding carboxylic acids is 1. The summed E-state index contributed by atoms with van der Waals surface area (Å²) in [6.07, 6.45) is 9.60. The molecule has 1 fully saturated rings. The van der Waals surface area contributed by atoms with Gasteiger partial charge in [-0.2, -0.15) is 0 Å². The van der Waals surface area contributed by atoms with Gasteiger partial charge in [-0.25, -0.2) is 4.79 Å². The smallest absolute Gasteiger partial charge is 0.410 e. The van der Waals surface area contributed by atoms with E-state index in [1.54, 1.807) is 0 Å². The molecule has 1 atom stereocenters. The highest BCUT2D eigenvalue weighted by Crippen LogP contribution is 2.21. The molecule has 1 aliphatic heterocycles. The zero-order chi connectivity index (χ0) is 18.3. The summed E-state index contributed by atoms with van der Waals surface area (Å²) in [4.78, 5) is 18.4. The third kappa shape index (κ3) is 6.96. The Morgan fingerprint density at radius 1 is 1.32 bits per heavy atom. The zero-order valence-electron chi connectivity index (χ0n) is 16.2. The lowest BCUT2D eigenvalue weighted by atomic mass is 9.95. The minimum atomic E-state index is -0.432. The molecule has 1 saturated heterocycles. The number of piperidine rings is 1. The number of amides is 1. The number of ether oxygens (including phenoxy) is 1. The van der Waals surface area contributed by atoms with E-state index in [0.717, 1.165) is 51.3 Å². The second-order valence-electron chi connectivity index (χ2n) is 8.01. The average Bonchev–Trinajstić information content (AvgIpc) is 3.05. The molecule has 25 heavy (non-hydrogen) atoms. The minimum Gasteiger partial charge on any atom is -0.444 e. The summed E-state index contributed by atoms with van der Waals surface area (Å²) in [5, 5.41) is 6.85. The zero-order valence-corrected chi connectivity index (χ0v) is 16.2. The van der Waals surface area contributed by atoms with Crippen LogP contribution in [-0.4, -0.2) is 55.3 Å². The van der Waals surface area contributed by atoms with Gasteiger partial charge in [0.2, 0.25) is 0 Å². The third-order valence-electron chi connectivity index (χ3n) is 4.59. The number of hydrogen-bond acceptors (Lipinski definition) is 3. The highest BCUT2D eigenvalue weighted by molar-refractivity contribution is 5.80. The van der Waals surface area contributed by atoms with Crippen LogP contribution in [0.25, 0.3) is 0 Å². The van der Waals surface area contributed by atoms with Crippen molar-refractivity contribution in [1.82, 2.24) is 15.5 Å². The van der Waals surface area contributed by atoms with Gasteiger partial charge in [-0.1, -0.05) is 12.2 Å². The summed E-state index contributed by atoms with van der Waals surface area (Å²) in [6, 6.07) is 0.462. The van der Waals surface area contributed by atoms with Crippen molar-refractivity contribution in [2.45, 2.75) is 64.5 Å². The van der Waals surface area contributed by atoms with Crippen LogP contribution in [0.1, 0.15) is 52.9 Å². The SMILES string of the molecule is CN=C(NCCC1CCCN(C(=O)OC(C)(C)C)C1)NC1CC=CC1. The van der Waals surface area contributed by atoms with Crippen molar-refractivity contribution in [2.24, 2.45) is 10.9 Å². The first-order valence-corrected chi connectivity index (χ1v) is 9.47. The van der Waals surface area contributed by atoms with E-state index in [1.165, 1.54) is 6.42 Å². The van der Waals surface area contributed by atoms with Crippen molar-refractivity contribution >= 4 is 12.1 Å². The van der Waals surface area contributed by atoms with E-state index >= 15 is 0 Å². The first-order valence-electron chi connectivity index (χ1n) is 9.47. The van der Waals surface area contributed by atoms with E-state index in [4.69, 9.17) is 4.74 Å². The Kier molecular flexibility index (Phi) is 7.14. The lowest BCUT2D eigenvalue weighted by molar-refractivity contribution is 0.0162. The second-order valence-corrected chi connectivity index (χ2v) is 8.01. The topological polar surface area (TPSA) is 66.0 Å². The summed E-state index contributed by atoms with van der Waals surface area (Å²) >= 11 is 0. The number of aliphatic imine (C=N–C) groups is 1. The Morgan fingerprint density at radius 3 is 2.68 bits per heavy atom. The fraction of sp³-hybridized carbons (Fsp3) is 0.789. The van der Waals surface area contributed by atoms with Gasteiger partial charge in [0.25, 0.3) is 0 Å². The molecule has 0 radical (unpaired) electrons. The third-order valence-corrected chi connectivity index (χ3v) is 4.59. The average molecular weight is 351 g/mol. The Balaban J connectivity index is 1.70. The summed E-state index contributed by atoms with van der Waals surface area (Å²) in [5.74, 6) is 1.38. The van der Waals surface area contributed by atoms with E-state index in [0.29, 0.717) is 12.0 Å². The molecular formula is C19H34N4O2. The quantitative estimate of drug-likeness (QED) is 0.465. The maximum atomic E-state index is 12.2. The number of likely N-dealkylation sites (tertiary alicyclic amines) is 1. The van der Waals surface area contributed by atoms with Crippen molar-refractivity contribution in [3.05, 3.63) is 12.2 Å². The number of guanidine groups is 1. The molecule has 0 aromatic heterocycles. The van der Waals surface area contributed by atoms with Gasteiger partial charge in [0, 0.05) is 32.7 Å². The lowest BCUT2D eigenvalue weighted by Gasteiger charge is -2.34. The molecule has 1 aliphatic carbocycles. The molecule has 0 saturated carbocycles. The number of rotatable bonds is 4. The molecule has 2 aliphatic rings. The molecule has 2 rings (SSSR count). The minimum absolute atomic E-state index is 0.184. The van der Waals surface area contributed by atoms with Crippen LogP contribution in [0.5, 0.6) is 0 Å². The van der Waals surface area contributed by atoms with Crippen LogP contribution < -0.4 is 10.6 Å². The predicted octanol–water partition coefficient (Wildman–Crippen LogP) is 2.91. The molecular weight excluding hydrogens is 316 g/mol. The predicted molar refractivity (Wildman–Crippen MR) is 102 cm³/mol. The van der Waals surface area contributed by atoms with Gasteiger partial charge >= 0.3 is 6.09 Å². The van der Waals surface area contributed by atoms with Crippen LogP contribution in [0.2, 0.25) is 0 Å². The Hall–Kier alpha value is -1.72. The molecule has 6 heteroatoms. The van der Waals surface area contributed by atoms with Crippen LogP contribution in [0.3, 0.4) is 0 Å². The van der Waals surface area contributed by atoms with Gasteiger partial charge in [-0.15, -0.1) is 0 Å². The molecule has 1 unspecified atom stereocenters. The maximum Gasteiger partial charge on any atom is 0.410 e. The van der Waals surface area contributed by atoms with E-state index in [2.05, 4.69) is 27.8 Å². The summed E-state index contributed by atoms with van der Waals surface area (Å²) in [7, 11) is 1.81. The molecule has 2 N–H and O–H groups in total. The molecule has 1 amide bonds. The van der Waals surface area contributed by atoms with Gasteiger partial charge in [-0.3, -0.25) is 4.99 Å². The Labute approximate surface area is 152 Å². The van der Waals surface area contributed by atoms with Crippen LogP contribution in [0, 0.1) is 5.92 Å². The normalized spacial score (nSPS) is 22.2. The van der Waals surface area contributed by atoms with Gasteiger partial charge in [0.05, 0.1) is 0 Å². The van der Waals surface area contributed by atoms with Gasteiger partial charge in [0.15, 0.2) is 5.96 Å². The van der Waals surface area contributed by atoms with Crippen molar-refractivity contribution in [2.75, 3.05) is 26.7 Å². The first-order chi connectivity index (χ1) is 11.9.